The number of nitrogens with one attached hydrogen (secondary N) is 1. The number of hydrazone groups is 1. The van der Waals surface area contributed by atoms with Gasteiger partial charge >= 0.3 is 5.97 Å². The summed E-state index contributed by atoms with van der Waals surface area (Å²) in [7, 11) is 0. The average Bonchev–Trinajstić information content (AvgIpc) is 2.90. The summed E-state index contributed by atoms with van der Waals surface area (Å²) in [5.41, 5.74) is 5.14. The fraction of sp³-hybridized carbons (Fsp3) is 0.0357. The number of ether oxygens (including phenoxy) is 2. The SMILES string of the molecule is O=C(N/N=C/c1ccc(OC(=O)c2ccccc2)cc1)c1ccc(OCc2ccc(Cl)cc2)cc1. The van der Waals surface area contributed by atoms with Gasteiger partial charge in [-0.3, -0.25) is 4.79 Å². The average molecular weight is 485 g/mol. The van der Waals surface area contributed by atoms with E-state index in [1.165, 1.54) is 6.21 Å². The molecule has 0 spiro atoms. The summed E-state index contributed by atoms with van der Waals surface area (Å²) in [6.45, 7) is 0.400. The van der Waals surface area contributed by atoms with Gasteiger partial charge in [-0.1, -0.05) is 41.9 Å². The van der Waals surface area contributed by atoms with E-state index in [0.717, 1.165) is 11.1 Å². The van der Waals surface area contributed by atoms with Gasteiger partial charge in [-0.05, 0) is 83.9 Å². The van der Waals surface area contributed by atoms with Crippen LogP contribution in [0.25, 0.3) is 0 Å². The Labute approximate surface area is 207 Å². The van der Waals surface area contributed by atoms with Gasteiger partial charge in [-0.15, -0.1) is 0 Å². The van der Waals surface area contributed by atoms with Gasteiger partial charge in [0.25, 0.3) is 5.91 Å². The third-order valence-electron chi connectivity index (χ3n) is 4.92. The summed E-state index contributed by atoms with van der Waals surface area (Å²) >= 11 is 5.88. The van der Waals surface area contributed by atoms with E-state index in [0.29, 0.717) is 34.3 Å². The molecule has 7 heteroatoms. The van der Waals surface area contributed by atoms with E-state index in [-0.39, 0.29) is 5.91 Å². The molecule has 0 aliphatic carbocycles. The second kappa shape index (κ2) is 11.6. The van der Waals surface area contributed by atoms with Gasteiger partial charge in [0.05, 0.1) is 11.8 Å². The number of hydrogen-bond acceptors (Lipinski definition) is 5. The van der Waals surface area contributed by atoms with Gasteiger partial charge in [-0.25, -0.2) is 10.2 Å². The van der Waals surface area contributed by atoms with Crippen LogP contribution >= 0.6 is 11.6 Å². The molecule has 1 amide bonds. The molecule has 0 radical (unpaired) electrons. The van der Waals surface area contributed by atoms with Gasteiger partial charge < -0.3 is 9.47 Å². The summed E-state index contributed by atoms with van der Waals surface area (Å²) in [5.74, 6) is 0.283. The normalized spacial score (nSPS) is 10.7. The smallest absolute Gasteiger partial charge is 0.343 e. The first-order chi connectivity index (χ1) is 17.1. The first-order valence-corrected chi connectivity index (χ1v) is 11.1. The molecule has 4 aromatic carbocycles. The maximum absolute atomic E-state index is 12.3. The van der Waals surface area contributed by atoms with Crippen molar-refractivity contribution in [3.63, 3.8) is 0 Å². The van der Waals surface area contributed by atoms with Crippen LogP contribution in [-0.2, 0) is 6.61 Å². The molecule has 0 unspecified atom stereocenters. The lowest BCUT2D eigenvalue weighted by atomic mass is 10.2. The van der Waals surface area contributed by atoms with E-state index < -0.39 is 5.97 Å². The summed E-state index contributed by atoms with van der Waals surface area (Å²) in [6.07, 6.45) is 1.50. The molecule has 0 atom stereocenters. The molecule has 4 rings (SSSR count). The molecular formula is C28H21ClN2O4. The topological polar surface area (TPSA) is 77.0 Å². The van der Waals surface area contributed by atoms with E-state index in [4.69, 9.17) is 21.1 Å². The first kappa shape index (κ1) is 23.7. The molecule has 0 aliphatic heterocycles. The largest absolute Gasteiger partial charge is 0.489 e. The summed E-state index contributed by atoms with van der Waals surface area (Å²) < 4.78 is 11.1. The van der Waals surface area contributed by atoms with Crippen molar-refractivity contribution in [1.29, 1.82) is 0 Å². The minimum atomic E-state index is -0.430. The molecule has 0 aromatic heterocycles. The van der Waals surface area contributed by atoms with E-state index >= 15 is 0 Å². The zero-order valence-electron chi connectivity index (χ0n) is 18.6. The maximum atomic E-state index is 12.3. The molecular weight excluding hydrogens is 464 g/mol. The Hall–Kier alpha value is -4.42. The third-order valence-corrected chi connectivity index (χ3v) is 5.17. The van der Waals surface area contributed by atoms with Crippen LogP contribution in [-0.4, -0.2) is 18.1 Å². The van der Waals surface area contributed by atoms with E-state index in [1.807, 2.05) is 30.3 Å². The van der Waals surface area contributed by atoms with Crippen LogP contribution in [0.15, 0.2) is 108 Å². The molecule has 0 fully saturated rings. The van der Waals surface area contributed by atoms with Crippen molar-refractivity contribution in [3.05, 3.63) is 130 Å². The highest BCUT2D eigenvalue weighted by Crippen LogP contribution is 2.16. The number of carbonyl (C=O) groups is 2. The Bertz CT molecular complexity index is 1300. The van der Waals surface area contributed by atoms with Crippen molar-refractivity contribution in [2.24, 2.45) is 5.10 Å². The number of halogens is 1. The Morgan fingerprint density at radius 3 is 2.11 bits per heavy atom. The van der Waals surface area contributed by atoms with Crippen molar-refractivity contribution in [1.82, 2.24) is 5.43 Å². The molecule has 0 heterocycles. The first-order valence-electron chi connectivity index (χ1n) is 10.7. The molecule has 0 saturated heterocycles. The molecule has 174 valence electrons. The highest BCUT2D eigenvalue weighted by Gasteiger charge is 2.08. The van der Waals surface area contributed by atoms with Crippen LogP contribution in [0.4, 0.5) is 0 Å². The van der Waals surface area contributed by atoms with Crippen LogP contribution in [0.2, 0.25) is 5.02 Å². The van der Waals surface area contributed by atoms with Crippen LogP contribution in [0.3, 0.4) is 0 Å². The molecule has 0 bridgehead atoms. The predicted molar refractivity (Wildman–Crippen MR) is 135 cm³/mol. The minimum absolute atomic E-state index is 0.348. The zero-order chi connectivity index (χ0) is 24.5. The van der Waals surface area contributed by atoms with Crippen molar-refractivity contribution in [2.75, 3.05) is 0 Å². The molecule has 6 nitrogen and oxygen atoms in total. The maximum Gasteiger partial charge on any atom is 0.343 e. The Balaban J connectivity index is 1.25. The summed E-state index contributed by atoms with van der Waals surface area (Å²) in [5, 5.41) is 4.66. The van der Waals surface area contributed by atoms with Gasteiger partial charge in [0.2, 0.25) is 0 Å². The Kier molecular flexibility index (Phi) is 7.88. The third kappa shape index (κ3) is 7.03. The predicted octanol–water partition coefficient (Wildman–Crippen LogP) is 5.90. The lowest BCUT2D eigenvalue weighted by molar-refractivity contribution is 0.0734. The number of rotatable bonds is 8. The second-order valence-corrected chi connectivity index (χ2v) is 7.90. The van der Waals surface area contributed by atoms with Gasteiger partial charge in [0.15, 0.2) is 0 Å². The fourth-order valence-corrected chi connectivity index (χ4v) is 3.17. The van der Waals surface area contributed by atoms with E-state index in [1.54, 1.807) is 72.8 Å². The lowest BCUT2D eigenvalue weighted by Crippen LogP contribution is -2.17. The fourth-order valence-electron chi connectivity index (χ4n) is 3.04. The molecule has 4 aromatic rings. The summed E-state index contributed by atoms with van der Waals surface area (Å²) in [6, 6.07) is 29.7. The van der Waals surface area contributed by atoms with Crippen molar-refractivity contribution in [3.8, 4) is 11.5 Å². The highest BCUT2D eigenvalue weighted by atomic mass is 35.5. The second-order valence-electron chi connectivity index (χ2n) is 7.46. The molecule has 0 saturated carbocycles. The number of esters is 1. The van der Waals surface area contributed by atoms with Crippen molar-refractivity contribution < 1.29 is 19.1 Å². The van der Waals surface area contributed by atoms with Gasteiger partial charge in [-0.2, -0.15) is 5.10 Å². The number of amides is 1. The molecule has 1 N–H and O–H groups in total. The lowest BCUT2D eigenvalue weighted by Gasteiger charge is -2.07. The Morgan fingerprint density at radius 2 is 1.43 bits per heavy atom. The van der Waals surface area contributed by atoms with Crippen LogP contribution in [0, 0.1) is 0 Å². The van der Waals surface area contributed by atoms with Crippen LogP contribution < -0.4 is 14.9 Å². The van der Waals surface area contributed by atoms with E-state index in [2.05, 4.69) is 10.5 Å². The number of hydrogen-bond donors (Lipinski definition) is 1. The van der Waals surface area contributed by atoms with Crippen molar-refractivity contribution >= 4 is 29.7 Å². The zero-order valence-corrected chi connectivity index (χ0v) is 19.3. The van der Waals surface area contributed by atoms with Gasteiger partial charge in [0.1, 0.15) is 18.1 Å². The summed E-state index contributed by atoms with van der Waals surface area (Å²) in [4.78, 5) is 24.4. The molecule has 35 heavy (non-hydrogen) atoms. The monoisotopic (exact) mass is 484 g/mol. The number of nitrogens with zero attached hydrogens (tertiary/aromatic N) is 1. The highest BCUT2D eigenvalue weighted by molar-refractivity contribution is 6.30. The van der Waals surface area contributed by atoms with E-state index in [9.17, 15) is 9.59 Å². The number of carbonyl (C=O) groups excluding carboxylic acids is 2. The number of benzene rings is 4. The van der Waals surface area contributed by atoms with Crippen molar-refractivity contribution in [2.45, 2.75) is 6.61 Å². The minimum Gasteiger partial charge on any atom is -0.489 e. The van der Waals surface area contributed by atoms with Crippen LogP contribution in [0.1, 0.15) is 31.8 Å². The van der Waals surface area contributed by atoms with Gasteiger partial charge in [0, 0.05) is 10.6 Å². The molecule has 0 aliphatic rings. The Morgan fingerprint density at radius 1 is 0.771 bits per heavy atom. The quantitative estimate of drug-likeness (QED) is 0.146. The standard InChI is InChI=1S/C28H21ClN2O4/c29-24-12-6-21(7-13-24)19-34-25-16-10-22(11-17-25)27(32)31-30-18-20-8-14-26(15-9-20)35-28(33)23-4-2-1-3-5-23/h1-18H,19H2,(H,31,32)/b30-18+. The van der Waals surface area contributed by atoms with Crippen LogP contribution in [0.5, 0.6) is 11.5 Å².